The number of nitrogens with zero attached hydrogens (tertiary/aromatic N) is 1. The summed E-state index contributed by atoms with van der Waals surface area (Å²) in [6.07, 6.45) is 2.02. The fourth-order valence-electron chi connectivity index (χ4n) is 2.34. The van der Waals surface area contributed by atoms with Crippen LogP contribution in [0.4, 0.5) is 0 Å². The van der Waals surface area contributed by atoms with Crippen LogP contribution in [0, 0.1) is 0 Å². The van der Waals surface area contributed by atoms with Gasteiger partial charge in [0, 0.05) is 12.1 Å². The van der Waals surface area contributed by atoms with Gasteiger partial charge in [0.25, 0.3) is 5.91 Å². The highest BCUT2D eigenvalue weighted by atomic mass is 35.5. The van der Waals surface area contributed by atoms with Crippen molar-refractivity contribution in [1.82, 2.24) is 10.3 Å². The molecule has 0 aliphatic rings. The molecule has 1 amide bonds. The average molecular weight is 391 g/mol. The molecule has 5 nitrogen and oxygen atoms in total. The van der Waals surface area contributed by atoms with Crippen molar-refractivity contribution in [1.29, 1.82) is 0 Å². The van der Waals surface area contributed by atoms with E-state index in [4.69, 9.17) is 32.4 Å². The lowest BCUT2D eigenvalue weighted by molar-refractivity contribution is 0.0949. The number of benzene rings is 2. The first kappa shape index (κ1) is 18.3. The molecular formula is C19H16Cl2N2O3. The fourth-order valence-corrected chi connectivity index (χ4v) is 2.64. The molecule has 0 atom stereocenters. The predicted molar refractivity (Wildman–Crippen MR) is 101 cm³/mol. The minimum absolute atomic E-state index is 0.209. The van der Waals surface area contributed by atoms with Gasteiger partial charge in [0.1, 0.15) is 12.0 Å². The number of oxazole rings is 1. The number of nitrogens with one attached hydrogen (secondary N) is 1. The van der Waals surface area contributed by atoms with E-state index < -0.39 is 0 Å². The largest absolute Gasteiger partial charge is 0.497 e. The van der Waals surface area contributed by atoms with Crippen LogP contribution in [0.5, 0.6) is 5.75 Å². The van der Waals surface area contributed by atoms with Crippen molar-refractivity contribution in [3.05, 3.63) is 70.0 Å². The molecule has 0 saturated heterocycles. The van der Waals surface area contributed by atoms with Crippen LogP contribution in [-0.4, -0.2) is 24.5 Å². The maximum absolute atomic E-state index is 12.2. The lowest BCUT2D eigenvalue weighted by Crippen LogP contribution is -2.25. The molecule has 3 rings (SSSR count). The summed E-state index contributed by atoms with van der Waals surface area (Å²) >= 11 is 11.9. The van der Waals surface area contributed by atoms with E-state index in [1.807, 2.05) is 24.3 Å². The third-order valence-corrected chi connectivity index (χ3v) is 4.50. The van der Waals surface area contributed by atoms with E-state index >= 15 is 0 Å². The van der Waals surface area contributed by atoms with Crippen molar-refractivity contribution < 1.29 is 13.9 Å². The molecule has 1 heterocycles. The van der Waals surface area contributed by atoms with Gasteiger partial charge in [0.2, 0.25) is 5.89 Å². The average Bonchev–Trinajstić information content (AvgIpc) is 3.15. The highest BCUT2D eigenvalue weighted by Crippen LogP contribution is 2.28. The maximum Gasteiger partial charge on any atom is 0.273 e. The van der Waals surface area contributed by atoms with Gasteiger partial charge in [-0.3, -0.25) is 4.79 Å². The van der Waals surface area contributed by atoms with Gasteiger partial charge in [-0.1, -0.05) is 35.3 Å². The van der Waals surface area contributed by atoms with Gasteiger partial charge in [-0.05, 0) is 42.3 Å². The van der Waals surface area contributed by atoms with Crippen LogP contribution in [0.15, 0.2) is 53.1 Å². The number of halogens is 2. The summed E-state index contributed by atoms with van der Waals surface area (Å²) in [6, 6.07) is 12.7. The molecule has 0 bridgehead atoms. The first-order valence-electron chi connectivity index (χ1n) is 7.89. The Hall–Kier alpha value is -2.50. The van der Waals surface area contributed by atoms with Crippen molar-refractivity contribution in [2.24, 2.45) is 0 Å². The van der Waals surface area contributed by atoms with Gasteiger partial charge >= 0.3 is 0 Å². The standard InChI is InChI=1S/C19H16Cl2N2O3/c1-25-14-5-2-12(3-6-14)8-9-22-18(24)17-11-26-19(23-17)13-4-7-15(20)16(21)10-13/h2-7,10-11H,8-9H2,1H3,(H,22,24). The van der Waals surface area contributed by atoms with Gasteiger partial charge in [-0.25, -0.2) is 4.98 Å². The lowest BCUT2D eigenvalue weighted by Gasteiger charge is -2.04. The number of ether oxygens (including phenoxy) is 1. The van der Waals surface area contributed by atoms with E-state index in [-0.39, 0.29) is 11.6 Å². The molecule has 3 aromatic rings. The van der Waals surface area contributed by atoms with Gasteiger partial charge < -0.3 is 14.5 Å². The van der Waals surface area contributed by atoms with Crippen LogP contribution in [0.3, 0.4) is 0 Å². The molecule has 0 saturated carbocycles. The second kappa shape index (κ2) is 8.25. The smallest absolute Gasteiger partial charge is 0.273 e. The Morgan fingerprint density at radius 1 is 1.15 bits per heavy atom. The predicted octanol–water partition coefficient (Wildman–Crippen LogP) is 4.63. The Morgan fingerprint density at radius 2 is 1.92 bits per heavy atom. The first-order valence-corrected chi connectivity index (χ1v) is 8.64. The molecule has 7 heteroatoms. The van der Waals surface area contributed by atoms with Gasteiger partial charge in [0.15, 0.2) is 5.69 Å². The molecule has 1 aromatic heterocycles. The summed E-state index contributed by atoms with van der Waals surface area (Å²) in [5.41, 5.74) is 1.96. The Balaban J connectivity index is 1.58. The fraction of sp³-hybridized carbons (Fsp3) is 0.158. The number of hydrogen-bond donors (Lipinski definition) is 1. The third-order valence-electron chi connectivity index (χ3n) is 3.76. The SMILES string of the molecule is COc1ccc(CCNC(=O)c2coc(-c3ccc(Cl)c(Cl)c3)n2)cc1. The normalized spacial score (nSPS) is 10.6. The Labute approximate surface area is 160 Å². The minimum atomic E-state index is -0.298. The van der Waals surface area contributed by atoms with Crippen LogP contribution >= 0.6 is 23.2 Å². The number of aromatic nitrogens is 1. The van der Waals surface area contributed by atoms with Crippen LogP contribution in [0.1, 0.15) is 16.1 Å². The molecule has 0 radical (unpaired) electrons. The number of carbonyl (C=O) groups is 1. The van der Waals surface area contributed by atoms with E-state index in [0.29, 0.717) is 34.5 Å². The molecule has 2 aromatic carbocycles. The lowest BCUT2D eigenvalue weighted by atomic mass is 10.1. The van der Waals surface area contributed by atoms with Crippen molar-refractivity contribution in [3.8, 4) is 17.2 Å². The van der Waals surface area contributed by atoms with Gasteiger partial charge in [0.05, 0.1) is 17.2 Å². The molecule has 0 unspecified atom stereocenters. The van der Waals surface area contributed by atoms with E-state index in [9.17, 15) is 4.79 Å². The summed E-state index contributed by atoms with van der Waals surface area (Å²) < 4.78 is 10.5. The second-order valence-electron chi connectivity index (χ2n) is 5.52. The number of methoxy groups -OCH3 is 1. The monoisotopic (exact) mass is 390 g/mol. The highest BCUT2D eigenvalue weighted by Gasteiger charge is 2.14. The molecule has 0 spiro atoms. The minimum Gasteiger partial charge on any atom is -0.497 e. The van der Waals surface area contributed by atoms with E-state index in [0.717, 1.165) is 11.3 Å². The van der Waals surface area contributed by atoms with Crippen molar-refractivity contribution in [2.45, 2.75) is 6.42 Å². The van der Waals surface area contributed by atoms with Crippen LogP contribution in [0.25, 0.3) is 11.5 Å². The van der Waals surface area contributed by atoms with Crippen molar-refractivity contribution in [2.75, 3.05) is 13.7 Å². The first-order chi connectivity index (χ1) is 12.6. The zero-order valence-electron chi connectivity index (χ0n) is 14.0. The number of amides is 1. The Morgan fingerprint density at radius 3 is 2.62 bits per heavy atom. The summed E-state index contributed by atoms with van der Waals surface area (Å²) in [6.45, 7) is 0.486. The second-order valence-corrected chi connectivity index (χ2v) is 6.34. The Bertz CT molecular complexity index is 907. The van der Waals surface area contributed by atoms with E-state index in [1.165, 1.54) is 6.26 Å². The van der Waals surface area contributed by atoms with Gasteiger partial charge in [-0.2, -0.15) is 0 Å². The third kappa shape index (κ3) is 4.36. The number of carbonyl (C=O) groups excluding carboxylic acids is 1. The molecule has 1 N–H and O–H groups in total. The highest BCUT2D eigenvalue weighted by molar-refractivity contribution is 6.42. The zero-order valence-corrected chi connectivity index (χ0v) is 15.5. The maximum atomic E-state index is 12.2. The van der Waals surface area contributed by atoms with Crippen LogP contribution in [-0.2, 0) is 6.42 Å². The summed E-state index contributed by atoms with van der Waals surface area (Å²) in [7, 11) is 1.62. The van der Waals surface area contributed by atoms with Crippen molar-refractivity contribution in [3.63, 3.8) is 0 Å². The molecule has 0 aliphatic carbocycles. The molecule has 26 heavy (non-hydrogen) atoms. The number of rotatable bonds is 6. The van der Waals surface area contributed by atoms with E-state index in [2.05, 4.69) is 10.3 Å². The number of hydrogen-bond acceptors (Lipinski definition) is 4. The summed E-state index contributed by atoms with van der Waals surface area (Å²) in [5, 5.41) is 3.66. The zero-order chi connectivity index (χ0) is 18.5. The summed E-state index contributed by atoms with van der Waals surface area (Å²) in [4.78, 5) is 16.4. The van der Waals surface area contributed by atoms with Crippen LogP contribution < -0.4 is 10.1 Å². The quantitative estimate of drug-likeness (QED) is 0.666. The summed E-state index contributed by atoms with van der Waals surface area (Å²) in [5.74, 6) is 0.813. The van der Waals surface area contributed by atoms with Gasteiger partial charge in [-0.15, -0.1) is 0 Å². The van der Waals surface area contributed by atoms with Crippen LogP contribution in [0.2, 0.25) is 10.0 Å². The van der Waals surface area contributed by atoms with Crippen molar-refractivity contribution >= 4 is 29.1 Å². The Kier molecular flexibility index (Phi) is 5.81. The molecular weight excluding hydrogens is 375 g/mol. The molecule has 134 valence electrons. The topological polar surface area (TPSA) is 64.4 Å². The van der Waals surface area contributed by atoms with E-state index in [1.54, 1.807) is 25.3 Å². The molecule has 0 aliphatic heterocycles. The molecule has 0 fully saturated rings.